The fraction of sp³-hybridized carbons (Fsp3) is 0.143. The van der Waals surface area contributed by atoms with Gasteiger partial charge in [-0.15, -0.1) is 0 Å². The number of carboxylic acids is 1. The number of pyridine rings is 1. The van der Waals surface area contributed by atoms with Crippen molar-refractivity contribution in [2.75, 3.05) is 4.72 Å². The van der Waals surface area contributed by atoms with E-state index < -0.39 is 21.8 Å². The molecule has 0 saturated heterocycles. The van der Waals surface area contributed by atoms with Gasteiger partial charge in [0.1, 0.15) is 5.69 Å². The van der Waals surface area contributed by atoms with E-state index in [1.807, 2.05) is 0 Å². The quantitative estimate of drug-likeness (QED) is 0.824. The van der Waals surface area contributed by atoms with Crippen LogP contribution in [0.15, 0.2) is 18.3 Å². The Labute approximate surface area is 89.0 Å². The van der Waals surface area contributed by atoms with Crippen molar-refractivity contribution in [1.82, 2.24) is 4.98 Å². The Morgan fingerprint density at radius 2 is 2.06 bits per heavy atom. The molecule has 0 aliphatic rings. The minimum atomic E-state index is -4.76. The highest BCUT2D eigenvalue weighted by Gasteiger charge is 2.23. The summed E-state index contributed by atoms with van der Waals surface area (Å²) in [5, 5.41) is 8.48. The zero-order valence-corrected chi connectivity index (χ0v) is 8.41. The van der Waals surface area contributed by atoms with Gasteiger partial charge in [0.15, 0.2) is 0 Å². The number of rotatable bonds is 4. The summed E-state index contributed by atoms with van der Waals surface area (Å²) in [6.07, 6.45) is 0.837. The topological polar surface area (TPSA) is 96.4 Å². The Morgan fingerprint density at radius 1 is 1.44 bits per heavy atom. The number of aromatic nitrogens is 1. The van der Waals surface area contributed by atoms with Gasteiger partial charge in [-0.3, -0.25) is 4.72 Å². The average molecular weight is 252 g/mol. The number of hydrogen-bond donors (Lipinski definition) is 2. The highest BCUT2D eigenvalue weighted by Crippen LogP contribution is 2.12. The molecule has 1 aromatic heterocycles. The van der Waals surface area contributed by atoms with Crippen molar-refractivity contribution in [1.29, 1.82) is 0 Å². The number of hydrogen-bond acceptors (Lipinski definition) is 4. The largest absolute Gasteiger partial charge is 0.477 e. The van der Waals surface area contributed by atoms with Gasteiger partial charge < -0.3 is 5.11 Å². The van der Waals surface area contributed by atoms with Crippen LogP contribution in [-0.2, 0) is 10.0 Å². The van der Waals surface area contributed by atoms with E-state index in [-0.39, 0.29) is 11.4 Å². The minimum absolute atomic E-state index is 0.231. The third-order valence-corrected chi connectivity index (χ3v) is 2.47. The van der Waals surface area contributed by atoms with Gasteiger partial charge in [-0.2, -0.15) is 8.78 Å². The van der Waals surface area contributed by atoms with Gasteiger partial charge in [0.05, 0.1) is 11.9 Å². The fourth-order valence-corrected chi connectivity index (χ4v) is 1.33. The molecule has 1 rings (SSSR count). The molecule has 0 fully saturated rings. The lowest BCUT2D eigenvalue weighted by Gasteiger charge is -2.05. The lowest BCUT2D eigenvalue weighted by atomic mass is 10.3. The number of anilines is 1. The number of nitrogens with one attached hydrogen (secondary N) is 1. The molecular weight excluding hydrogens is 246 g/mol. The minimum Gasteiger partial charge on any atom is -0.477 e. The Kier molecular flexibility index (Phi) is 3.38. The van der Waals surface area contributed by atoms with E-state index in [1.54, 1.807) is 4.72 Å². The van der Waals surface area contributed by atoms with Gasteiger partial charge in [-0.05, 0) is 12.1 Å². The smallest absolute Gasteiger partial charge is 0.355 e. The number of halogens is 2. The standard InChI is InChI=1S/C7H6F2N2O4S/c8-7(9)16(14,15)11-4-1-2-5(6(12)13)10-3-4/h1-3,7,11H,(H,12,13). The zero-order chi connectivity index (χ0) is 12.3. The molecule has 0 radical (unpaired) electrons. The molecule has 0 amide bonds. The van der Waals surface area contributed by atoms with E-state index in [0.717, 1.165) is 18.3 Å². The molecule has 2 N–H and O–H groups in total. The zero-order valence-electron chi connectivity index (χ0n) is 7.59. The van der Waals surface area contributed by atoms with Crippen molar-refractivity contribution < 1.29 is 27.1 Å². The van der Waals surface area contributed by atoms with Crippen molar-refractivity contribution in [2.45, 2.75) is 5.76 Å². The van der Waals surface area contributed by atoms with Crippen LogP contribution in [0.1, 0.15) is 10.5 Å². The van der Waals surface area contributed by atoms with Crippen LogP contribution >= 0.6 is 0 Å². The van der Waals surface area contributed by atoms with E-state index in [0.29, 0.717) is 0 Å². The summed E-state index contributed by atoms with van der Waals surface area (Å²) in [4.78, 5) is 13.7. The first-order chi connectivity index (χ1) is 7.33. The van der Waals surface area contributed by atoms with E-state index in [1.165, 1.54) is 0 Å². The molecule has 1 heterocycles. The Hall–Kier alpha value is -1.77. The van der Waals surface area contributed by atoms with Gasteiger partial charge >= 0.3 is 11.7 Å². The van der Waals surface area contributed by atoms with Crippen LogP contribution < -0.4 is 4.72 Å². The van der Waals surface area contributed by atoms with Crippen molar-refractivity contribution in [3.63, 3.8) is 0 Å². The van der Waals surface area contributed by atoms with Crippen LogP contribution in [0.25, 0.3) is 0 Å². The van der Waals surface area contributed by atoms with E-state index >= 15 is 0 Å². The lowest BCUT2D eigenvalue weighted by molar-refractivity contribution is 0.0690. The molecular formula is C7H6F2N2O4S. The van der Waals surface area contributed by atoms with Crippen LogP contribution in [0.2, 0.25) is 0 Å². The van der Waals surface area contributed by atoms with Crippen LogP contribution in [0, 0.1) is 0 Å². The molecule has 0 aromatic carbocycles. The SMILES string of the molecule is O=C(O)c1ccc(NS(=O)(=O)C(F)F)cn1. The van der Waals surface area contributed by atoms with Crippen LogP contribution in [0.5, 0.6) is 0 Å². The molecule has 1 aromatic rings. The molecule has 0 spiro atoms. The normalized spacial score (nSPS) is 11.4. The maximum Gasteiger partial charge on any atom is 0.355 e. The van der Waals surface area contributed by atoms with Crippen LogP contribution in [-0.4, -0.2) is 30.2 Å². The Balaban J connectivity index is 2.89. The van der Waals surface area contributed by atoms with Gasteiger partial charge in [0.2, 0.25) is 0 Å². The molecule has 0 atom stereocenters. The molecule has 9 heteroatoms. The number of sulfonamides is 1. The van der Waals surface area contributed by atoms with Crippen molar-refractivity contribution in [2.24, 2.45) is 0 Å². The van der Waals surface area contributed by atoms with Gasteiger partial charge in [0.25, 0.3) is 10.0 Å². The summed E-state index contributed by atoms with van der Waals surface area (Å²) < 4.78 is 46.9. The summed E-state index contributed by atoms with van der Waals surface area (Å²) in [6.45, 7) is 0. The van der Waals surface area contributed by atoms with E-state index in [4.69, 9.17) is 5.11 Å². The second kappa shape index (κ2) is 4.39. The summed E-state index contributed by atoms with van der Waals surface area (Å²) in [5.41, 5.74) is -0.551. The summed E-state index contributed by atoms with van der Waals surface area (Å²) in [6, 6.07) is 2.02. The van der Waals surface area contributed by atoms with Crippen LogP contribution in [0.3, 0.4) is 0 Å². The first kappa shape index (κ1) is 12.3. The lowest BCUT2D eigenvalue weighted by Crippen LogP contribution is -2.20. The van der Waals surface area contributed by atoms with E-state index in [9.17, 15) is 22.0 Å². The maximum atomic E-state index is 11.9. The predicted molar refractivity (Wildman–Crippen MR) is 49.7 cm³/mol. The third kappa shape index (κ3) is 2.86. The molecule has 0 aliphatic carbocycles. The van der Waals surface area contributed by atoms with Crippen molar-refractivity contribution in [3.8, 4) is 0 Å². The molecule has 0 aliphatic heterocycles. The molecule has 0 unspecified atom stereocenters. The van der Waals surface area contributed by atoms with Gasteiger partial charge in [0, 0.05) is 0 Å². The predicted octanol–water partition coefficient (Wildman–Crippen LogP) is 0.744. The van der Waals surface area contributed by atoms with Gasteiger partial charge in [-0.1, -0.05) is 0 Å². The first-order valence-electron chi connectivity index (χ1n) is 3.82. The average Bonchev–Trinajstić information content (AvgIpc) is 2.17. The number of nitrogens with zero attached hydrogens (tertiary/aromatic N) is 1. The Morgan fingerprint density at radius 3 is 2.44 bits per heavy atom. The summed E-state index contributed by atoms with van der Waals surface area (Å²) >= 11 is 0. The Bertz CT molecular complexity index is 486. The number of carbonyl (C=O) groups is 1. The maximum absolute atomic E-state index is 11.9. The molecule has 16 heavy (non-hydrogen) atoms. The van der Waals surface area contributed by atoms with Crippen LogP contribution in [0.4, 0.5) is 14.5 Å². The third-order valence-electron chi connectivity index (χ3n) is 1.48. The number of aromatic carboxylic acids is 1. The molecule has 88 valence electrons. The second-order valence-electron chi connectivity index (χ2n) is 2.64. The highest BCUT2D eigenvalue weighted by atomic mass is 32.2. The molecule has 0 bridgehead atoms. The summed E-state index contributed by atoms with van der Waals surface area (Å²) in [5.74, 6) is -4.87. The van der Waals surface area contributed by atoms with Gasteiger partial charge in [-0.25, -0.2) is 18.2 Å². The highest BCUT2D eigenvalue weighted by molar-refractivity contribution is 7.93. The molecule has 6 nitrogen and oxygen atoms in total. The van der Waals surface area contributed by atoms with E-state index in [2.05, 4.69) is 4.98 Å². The number of alkyl halides is 2. The fourth-order valence-electron chi connectivity index (χ4n) is 0.790. The molecule has 0 saturated carbocycles. The first-order valence-corrected chi connectivity index (χ1v) is 5.36. The summed E-state index contributed by atoms with van der Waals surface area (Å²) in [7, 11) is -4.76. The second-order valence-corrected chi connectivity index (χ2v) is 4.30. The monoisotopic (exact) mass is 252 g/mol. The van der Waals surface area contributed by atoms with Crippen molar-refractivity contribution >= 4 is 21.7 Å². The number of carboxylic acid groups (broad SMARTS) is 1. The van der Waals surface area contributed by atoms with Crippen molar-refractivity contribution in [3.05, 3.63) is 24.0 Å².